The lowest BCUT2D eigenvalue weighted by Gasteiger charge is -2.45. The second-order valence-corrected chi connectivity index (χ2v) is 7.26. The second kappa shape index (κ2) is 5.81. The van der Waals surface area contributed by atoms with Crippen molar-refractivity contribution < 1.29 is 18.9 Å². The van der Waals surface area contributed by atoms with Gasteiger partial charge in [0.2, 0.25) is 6.79 Å². The van der Waals surface area contributed by atoms with Crippen LogP contribution in [0.15, 0.2) is 24.3 Å². The summed E-state index contributed by atoms with van der Waals surface area (Å²) >= 11 is 0. The summed E-state index contributed by atoms with van der Waals surface area (Å²) < 4.78 is 22.3. The third kappa shape index (κ3) is 2.20. The molecule has 0 saturated carbocycles. The first-order valence-corrected chi connectivity index (χ1v) is 9.11. The van der Waals surface area contributed by atoms with Crippen LogP contribution in [0.5, 0.6) is 23.0 Å². The zero-order chi connectivity index (χ0) is 17.8. The minimum absolute atomic E-state index is 0.321. The van der Waals surface area contributed by atoms with E-state index in [4.69, 9.17) is 18.9 Å². The highest BCUT2D eigenvalue weighted by Gasteiger charge is 2.38. The van der Waals surface area contributed by atoms with E-state index in [1.165, 1.54) is 22.3 Å². The van der Waals surface area contributed by atoms with Gasteiger partial charge in [-0.3, -0.25) is 4.90 Å². The number of nitrogens with zero attached hydrogens (tertiary/aromatic N) is 1. The molecule has 3 aliphatic rings. The maximum Gasteiger partial charge on any atom is 0.231 e. The monoisotopic (exact) mass is 353 g/mol. The Morgan fingerprint density at radius 2 is 1.65 bits per heavy atom. The highest BCUT2D eigenvalue weighted by atomic mass is 16.7. The topological polar surface area (TPSA) is 40.2 Å². The molecule has 0 unspecified atom stereocenters. The molecule has 0 spiro atoms. The summed E-state index contributed by atoms with van der Waals surface area (Å²) in [5.74, 6) is 3.72. The van der Waals surface area contributed by atoms with Crippen LogP contribution in [-0.4, -0.2) is 32.5 Å². The van der Waals surface area contributed by atoms with Gasteiger partial charge in [0.1, 0.15) is 0 Å². The molecule has 3 aliphatic heterocycles. The average Bonchev–Trinajstić information content (AvgIpc) is 3.12. The van der Waals surface area contributed by atoms with Crippen molar-refractivity contribution in [1.82, 2.24) is 4.90 Å². The predicted molar refractivity (Wildman–Crippen MR) is 97.4 cm³/mol. The molecule has 5 rings (SSSR count). The number of methoxy groups -OCH3 is 2. The summed E-state index contributed by atoms with van der Waals surface area (Å²) in [5.41, 5.74) is 5.42. The van der Waals surface area contributed by atoms with Gasteiger partial charge in [-0.1, -0.05) is 6.92 Å². The van der Waals surface area contributed by atoms with Crippen LogP contribution < -0.4 is 18.9 Å². The Balaban J connectivity index is 1.61. The molecule has 136 valence electrons. The molecule has 2 aromatic carbocycles. The first-order chi connectivity index (χ1) is 12.7. The summed E-state index contributed by atoms with van der Waals surface area (Å²) in [4.78, 5) is 2.57. The molecule has 0 aromatic heterocycles. The van der Waals surface area contributed by atoms with Crippen LogP contribution in [0.2, 0.25) is 0 Å². The van der Waals surface area contributed by atoms with Crippen molar-refractivity contribution in [2.24, 2.45) is 0 Å². The lowest BCUT2D eigenvalue weighted by molar-refractivity contribution is 0.138. The van der Waals surface area contributed by atoms with Gasteiger partial charge in [0.25, 0.3) is 0 Å². The first-order valence-electron chi connectivity index (χ1n) is 9.11. The van der Waals surface area contributed by atoms with Crippen LogP contribution in [0, 0.1) is 0 Å². The van der Waals surface area contributed by atoms with Crippen molar-refractivity contribution in [1.29, 1.82) is 0 Å². The van der Waals surface area contributed by atoms with Gasteiger partial charge < -0.3 is 18.9 Å². The minimum Gasteiger partial charge on any atom is -0.493 e. The molecule has 0 aliphatic carbocycles. The molecule has 2 aromatic rings. The molecule has 5 heteroatoms. The highest BCUT2D eigenvalue weighted by molar-refractivity contribution is 5.54. The fourth-order valence-electron chi connectivity index (χ4n) is 4.74. The largest absolute Gasteiger partial charge is 0.493 e. The van der Waals surface area contributed by atoms with Gasteiger partial charge in [-0.25, -0.2) is 0 Å². The third-order valence-electron chi connectivity index (χ3n) is 6.00. The predicted octanol–water partition coefficient (Wildman–Crippen LogP) is 3.65. The van der Waals surface area contributed by atoms with Crippen molar-refractivity contribution in [3.05, 3.63) is 46.5 Å². The normalized spacial score (nSPS) is 23.0. The average molecular weight is 353 g/mol. The Bertz CT molecular complexity index is 879. The number of benzene rings is 2. The van der Waals surface area contributed by atoms with E-state index < -0.39 is 0 Å². The summed E-state index contributed by atoms with van der Waals surface area (Å²) in [6.07, 6.45) is 1.04. The summed E-state index contributed by atoms with van der Waals surface area (Å²) in [7, 11) is 3.39. The van der Waals surface area contributed by atoms with Crippen molar-refractivity contribution in [2.75, 3.05) is 27.6 Å². The summed E-state index contributed by atoms with van der Waals surface area (Å²) in [5, 5.41) is 0. The Hall–Kier alpha value is -2.40. The maximum absolute atomic E-state index is 5.64. The SMILES string of the molecule is COc1cc2c(cc1OC)[C@@H](C)[C@@H]1c3cc4c(cc3CCN1C2)OCO4. The molecular weight excluding hydrogens is 330 g/mol. The van der Waals surface area contributed by atoms with E-state index in [0.717, 1.165) is 42.5 Å². The van der Waals surface area contributed by atoms with Gasteiger partial charge in [-0.2, -0.15) is 0 Å². The first kappa shape index (κ1) is 15.8. The van der Waals surface area contributed by atoms with E-state index >= 15 is 0 Å². The summed E-state index contributed by atoms with van der Waals surface area (Å²) in [6, 6.07) is 9.00. The zero-order valence-electron chi connectivity index (χ0n) is 15.4. The number of ether oxygens (including phenoxy) is 4. The van der Waals surface area contributed by atoms with Gasteiger partial charge in [0.05, 0.1) is 14.2 Å². The zero-order valence-corrected chi connectivity index (χ0v) is 15.4. The fraction of sp³-hybridized carbons (Fsp3) is 0.429. The van der Waals surface area contributed by atoms with Gasteiger partial charge in [-0.15, -0.1) is 0 Å². The smallest absolute Gasteiger partial charge is 0.231 e. The molecule has 0 saturated heterocycles. The third-order valence-corrected chi connectivity index (χ3v) is 6.00. The van der Waals surface area contributed by atoms with Crippen molar-refractivity contribution >= 4 is 0 Å². The highest BCUT2D eigenvalue weighted by Crippen LogP contribution is 2.50. The van der Waals surface area contributed by atoms with Gasteiger partial charge in [0, 0.05) is 25.0 Å². The fourth-order valence-corrected chi connectivity index (χ4v) is 4.74. The van der Waals surface area contributed by atoms with Gasteiger partial charge in [-0.05, 0) is 52.9 Å². The van der Waals surface area contributed by atoms with Crippen LogP contribution in [0.1, 0.15) is 41.1 Å². The molecule has 0 N–H and O–H groups in total. The molecule has 0 amide bonds. The number of fused-ring (bicyclic) bond motifs is 5. The number of hydrogen-bond acceptors (Lipinski definition) is 5. The molecule has 26 heavy (non-hydrogen) atoms. The van der Waals surface area contributed by atoms with Crippen molar-refractivity contribution in [3.63, 3.8) is 0 Å². The number of rotatable bonds is 2. The Morgan fingerprint density at radius 3 is 2.42 bits per heavy atom. The lowest BCUT2D eigenvalue weighted by atomic mass is 9.77. The Morgan fingerprint density at radius 1 is 0.923 bits per heavy atom. The minimum atomic E-state index is 0.321. The molecule has 0 fully saturated rings. The van der Waals surface area contributed by atoms with Gasteiger partial charge >= 0.3 is 0 Å². The second-order valence-electron chi connectivity index (χ2n) is 7.26. The molecule has 3 heterocycles. The molecule has 0 radical (unpaired) electrons. The Labute approximate surface area is 153 Å². The van der Waals surface area contributed by atoms with E-state index in [9.17, 15) is 0 Å². The lowest BCUT2D eigenvalue weighted by Crippen LogP contribution is -2.41. The summed E-state index contributed by atoms with van der Waals surface area (Å²) in [6.45, 7) is 4.61. The van der Waals surface area contributed by atoms with E-state index in [1.54, 1.807) is 14.2 Å². The molecule has 0 bridgehead atoms. The van der Waals surface area contributed by atoms with E-state index in [2.05, 4.69) is 36.1 Å². The van der Waals surface area contributed by atoms with Crippen LogP contribution in [-0.2, 0) is 13.0 Å². The van der Waals surface area contributed by atoms with Crippen LogP contribution in [0.4, 0.5) is 0 Å². The number of hydrogen-bond donors (Lipinski definition) is 0. The van der Waals surface area contributed by atoms with E-state index in [0.29, 0.717) is 18.8 Å². The molecule has 2 atom stereocenters. The molecule has 5 nitrogen and oxygen atoms in total. The van der Waals surface area contributed by atoms with Crippen molar-refractivity contribution in [3.8, 4) is 23.0 Å². The van der Waals surface area contributed by atoms with Crippen LogP contribution in [0.3, 0.4) is 0 Å². The van der Waals surface area contributed by atoms with E-state index in [1.807, 2.05) is 0 Å². The quantitative estimate of drug-likeness (QED) is 0.824. The standard InChI is InChI=1S/C21H23NO4/c1-12-15-8-18(24-3)17(23-2)7-14(15)10-22-5-4-13-6-19-20(26-11-25-19)9-16(13)21(12)22/h6-9,12,21H,4-5,10-11H2,1-3H3/t12-,21-/m1/s1. The van der Waals surface area contributed by atoms with Crippen molar-refractivity contribution in [2.45, 2.75) is 31.8 Å². The maximum atomic E-state index is 5.64. The molecular formula is C21H23NO4. The van der Waals surface area contributed by atoms with Gasteiger partial charge in [0.15, 0.2) is 23.0 Å². The van der Waals surface area contributed by atoms with Crippen LogP contribution >= 0.6 is 0 Å². The Kier molecular flexibility index (Phi) is 3.54. The van der Waals surface area contributed by atoms with E-state index in [-0.39, 0.29) is 0 Å². The van der Waals surface area contributed by atoms with Crippen LogP contribution in [0.25, 0.3) is 0 Å².